The molecular weight excluding hydrogens is 256 g/mol. The van der Waals surface area contributed by atoms with Gasteiger partial charge in [0.25, 0.3) is 0 Å². The van der Waals surface area contributed by atoms with Crippen LogP contribution in [0.15, 0.2) is 46.3 Å². The van der Waals surface area contributed by atoms with Crippen molar-refractivity contribution >= 4 is 18.4 Å². The van der Waals surface area contributed by atoms with E-state index in [1.165, 1.54) is 18.6 Å². The molecule has 0 unspecified atom stereocenters. The highest BCUT2D eigenvalue weighted by atomic mass is 16.3. The van der Waals surface area contributed by atoms with Gasteiger partial charge in [-0.15, -0.1) is 0 Å². The van der Waals surface area contributed by atoms with E-state index in [1.807, 2.05) is 24.3 Å². The summed E-state index contributed by atoms with van der Waals surface area (Å²) in [6.07, 6.45) is 3.75. The third-order valence-corrected chi connectivity index (χ3v) is 2.75. The molecule has 1 aromatic carbocycles. The molecule has 1 heterocycles. The van der Waals surface area contributed by atoms with Crippen LogP contribution in [0.25, 0.3) is 5.69 Å². The van der Waals surface area contributed by atoms with Crippen molar-refractivity contribution in [1.29, 1.82) is 5.41 Å². The van der Waals surface area contributed by atoms with Gasteiger partial charge < -0.3 is 15.0 Å². The van der Waals surface area contributed by atoms with Crippen molar-refractivity contribution in [1.82, 2.24) is 4.57 Å². The van der Waals surface area contributed by atoms with Crippen molar-refractivity contribution in [3.05, 3.63) is 52.4 Å². The minimum absolute atomic E-state index is 0.282. The Kier molecular flexibility index (Phi) is 3.95. The van der Waals surface area contributed by atoms with Gasteiger partial charge in [-0.3, -0.25) is 10.2 Å². The first-order chi connectivity index (χ1) is 9.61. The van der Waals surface area contributed by atoms with Crippen LogP contribution < -0.4 is 10.7 Å². The van der Waals surface area contributed by atoms with Crippen LogP contribution in [-0.2, 0) is 0 Å². The maximum absolute atomic E-state index is 11.3. The van der Waals surface area contributed by atoms with Crippen molar-refractivity contribution in [3.8, 4) is 11.4 Å². The molecule has 0 amide bonds. The second kappa shape index (κ2) is 5.83. The predicted molar refractivity (Wildman–Crippen MR) is 79.3 cm³/mol. The lowest BCUT2D eigenvalue weighted by Crippen LogP contribution is -2.08. The van der Waals surface area contributed by atoms with E-state index in [0.29, 0.717) is 0 Å². The molecule has 102 valence electrons. The third-order valence-electron chi connectivity index (χ3n) is 2.75. The summed E-state index contributed by atoms with van der Waals surface area (Å²) >= 11 is 0. The monoisotopic (exact) mass is 270 g/mol. The summed E-state index contributed by atoms with van der Waals surface area (Å²) in [5.74, 6) is -0.282. The fraction of sp³-hybridized carbons (Fsp3) is 0.0714. The van der Waals surface area contributed by atoms with E-state index >= 15 is 0 Å². The van der Waals surface area contributed by atoms with Gasteiger partial charge in [-0.2, -0.15) is 0 Å². The van der Waals surface area contributed by atoms with Gasteiger partial charge in [0.05, 0.1) is 12.5 Å². The fourth-order valence-electron chi connectivity index (χ4n) is 1.77. The minimum atomic E-state index is -0.389. The number of anilines is 1. The van der Waals surface area contributed by atoms with Crippen LogP contribution in [0.2, 0.25) is 0 Å². The molecule has 0 aliphatic rings. The first-order valence-corrected chi connectivity index (χ1v) is 5.91. The number of benzene rings is 1. The van der Waals surface area contributed by atoms with Gasteiger partial charge in [0.15, 0.2) is 5.75 Å². The Labute approximate surface area is 115 Å². The topological polar surface area (TPSA) is 90.5 Å². The number of aromatic hydroxyl groups is 1. The fourth-order valence-corrected chi connectivity index (χ4v) is 1.77. The molecule has 0 saturated carbocycles. The largest absolute Gasteiger partial charge is 0.503 e. The second-order valence-corrected chi connectivity index (χ2v) is 4.13. The van der Waals surface area contributed by atoms with E-state index < -0.39 is 0 Å². The number of nitrogens with zero attached hydrogens (tertiary/aromatic N) is 2. The summed E-state index contributed by atoms with van der Waals surface area (Å²) in [4.78, 5) is 14.9. The summed E-state index contributed by atoms with van der Waals surface area (Å²) in [5.41, 5.74) is 1.99. The summed E-state index contributed by atoms with van der Waals surface area (Å²) < 4.78 is 1.73. The van der Waals surface area contributed by atoms with Crippen molar-refractivity contribution < 1.29 is 5.11 Å². The molecule has 0 radical (unpaired) electrons. The predicted octanol–water partition coefficient (Wildman–Crippen LogP) is 1.90. The van der Waals surface area contributed by atoms with Gasteiger partial charge in [0.1, 0.15) is 6.34 Å². The van der Waals surface area contributed by atoms with Crippen LogP contribution >= 0.6 is 0 Å². The first kappa shape index (κ1) is 13.5. The molecule has 0 bridgehead atoms. The quantitative estimate of drug-likeness (QED) is 0.585. The highest BCUT2D eigenvalue weighted by Gasteiger charge is 2.04. The summed E-state index contributed by atoms with van der Waals surface area (Å²) in [6.45, 7) is 1.80. The number of rotatable bonds is 4. The van der Waals surface area contributed by atoms with Crippen LogP contribution in [0.3, 0.4) is 0 Å². The van der Waals surface area contributed by atoms with E-state index in [0.717, 1.165) is 23.4 Å². The van der Waals surface area contributed by atoms with Crippen molar-refractivity contribution in [3.63, 3.8) is 0 Å². The van der Waals surface area contributed by atoms with Gasteiger partial charge >= 0.3 is 0 Å². The highest BCUT2D eigenvalue weighted by molar-refractivity contribution is 5.81. The molecule has 0 atom stereocenters. The van der Waals surface area contributed by atoms with Gasteiger partial charge in [0, 0.05) is 23.1 Å². The molecule has 0 saturated heterocycles. The van der Waals surface area contributed by atoms with Crippen LogP contribution in [0.1, 0.15) is 5.69 Å². The Morgan fingerprint density at radius 2 is 2.05 bits per heavy atom. The third kappa shape index (κ3) is 2.92. The Bertz CT molecular complexity index is 702. The van der Waals surface area contributed by atoms with Gasteiger partial charge in [-0.25, -0.2) is 4.99 Å². The van der Waals surface area contributed by atoms with Crippen molar-refractivity contribution in [2.45, 2.75) is 6.92 Å². The number of hydrogen-bond donors (Lipinski definition) is 3. The second-order valence-electron chi connectivity index (χ2n) is 4.13. The van der Waals surface area contributed by atoms with Crippen molar-refractivity contribution in [2.75, 3.05) is 5.32 Å². The minimum Gasteiger partial charge on any atom is -0.503 e. The summed E-state index contributed by atoms with van der Waals surface area (Å²) in [6, 6.07) is 8.74. The average Bonchev–Trinajstić information content (AvgIpc) is 2.44. The Morgan fingerprint density at radius 3 is 2.70 bits per heavy atom. The zero-order valence-electron chi connectivity index (χ0n) is 10.9. The summed E-state index contributed by atoms with van der Waals surface area (Å²) in [5, 5.41) is 19.2. The maximum atomic E-state index is 11.3. The zero-order valence-corrected chi connectivity index (χ0v) is 10.9. The molecule has 1 aromatic heterocycles. The van der Waals surface area contributed by atoms with Crippen molar-refractivity contribution in [2.24, 2.45) is 4.99 Å². The first-order valence-electron chi connectivity index (χ1n) is 5.91. The molecule has 0 aliphatic heterocycles. The number of pyridine rings is 1. The Hall–Kier alpha value is -2.89. The maximum Gasteiger partial charge on any atom is 0.223 e. The van der Waals surface area contributed by atoms with E-state index in [2.05, 4.69) is 10.3 Å². The number of hydrogen-bond acceptors (Lipinski definition) is 3. The van der Waals surface area contributed by atoms with Crippen LogP contribution in [0.4, 0.5) is 5.69 Å². The van der Waals surface area contributed by atoms with E-state index in [9.17, 15) is 9.90 Å². The normalized spacial score (nSPS) is 10.7. The smallest absolute Gasteiger partial charge is 0.223 e. The molecule has 2 rings (SSSR count). The van der Waals surface area contributed by atoms with E-state index in [1.54, 1.807) is 11.5 Å². The molecular formula is C14H14N4O2. The lowest BCUT2D eigenvalue weighted by molar-refractivity contribution is 0.465. The molecule has 2 aromatic rings. The van der Waals surface area contributed by atoms with Gasteiger partial charge in [0.2, 0.25) is 5.43 Å². The van der Waals surface area contributed by atoms with Gasteiger partial charge in [-0.1, -0.05) is 0 Å². The van der Waals surface area contributed by atoms with Crippen LogP contribution in [0, 0.1) is 12.3 Å². The molecule has 0 aliphatic carbocycles. The molecule has 20 heavy (non-hydrogen) atoms. The number of aryl methyl sites for hydroxylation is 1. The molecule has 0 fully saturated rings. The van der Waals surface area contributed by atoms with Gasteiger partial charge in [-0.05, 0) is 31.2 Å². The number of aromatic nitrogens is 1. The Morgan fingerprint density at radius 1 is 1.35 bits per heavy atom. The van der Waals surface area contributed by atoms with Crippen LogP contribution in [0.5, 0.6) is 5.75 Å². The molecule has 3 N–H and O–H groups in total. The Balaban J connectivity index is 2.30. The zero-order chi connectivity index (χ0) is 14.5. The number of nitrogens with one attached hydrogen (secondary N) is 2. The van der Waals surface area contributed by atoms with E-state index in [4.69, 9.17) is 5.41 Å². The molecule has 0 spiro atoms. The SMILES string of the molecule is Cc1cc(=O)c(O)cn1-c1ccc(N/C=N\C=N)cc1. The number of aliphatic imine (C=N–C) groups is 1. The van der Waals surface area contributed by atoms with E-state index in [-0.39, 0.29) is 11.2 Å². The lowest BCUT2D eigenvalue weighted by atomic mass is 10.2. The standard InChI is InChI=1S/C14H14N4O2/c1-10-6-13(19)14(20)7-18(10)12-4-2-11(3-5-12)17-9-16-8-15/h2-9,20H,1H3,(H2,15,16,17). The lowest BCUT2D eigenvalue weighted by Gasteiger charge is -2.11. The summed E-state index contributed by atoms with van der Waals surface area (Å²) in [7, 11) is 0. The molecule has 6 nitrogen and oxygen atoms in total. The average molecular weight is 270 g/mol. The van der Waals surface area contributed by atoms with Crippen LogP contribution in [-0.4, -0.2) is 22.4 Å². The highest BCUT2D eigenvalue weighted by Crippen LogP contribution is 2.16. The molecule has 6 heteroatoms.